The van der Waals surface area contributed by atoms with Gasteiger partial charge in [0.1, 0.15) is 5.60 Å². The summed E-state index contributed by atoms with van der Waals surface area (Å²) in [5.41, 5.74) is 0.268. The van der Waals surface area contributed by atoms with E-state index in [0.717, 1.165) is 18.4 Å². The van der Waals surface area contributed by atoms with E-state index in [-0.39, 0.29) is 35.4 Å². The van der Waals surface area contributed by atoms with Gasteiger partial charge in [0.05, 0.1) is 23.7 Å². The maximum absolute atomic E-state index is 12.6. The van der Waals surface area contributed by atoms with Gasteiger partial charge in [-0.1, -0.05) is 17.7 Å². The Labute approximate surface area is 181 Å². The molecule has 0 saturated carbocycles. The molecule has 2 rings (SSSR count). The van der Waals surface area contributed by atoms with Crippen molar-refractivity contribution in [3.63, 3.8) is 0 Å². The fourth-order valence-electron chi connectivity index (χ4n) is 3.72. The smallest absolute Gasteiger partial charge is 0.306 e. The van der Waals surface area contributed by atoms with Crippen LogP contribution in [-0.2, 0) is 28.6 Å². The van der Waals surface area contributed by atoms with Crippen molar-refractivity contribution in [2.45, 2.75) is 83.3 Å². The highest BCUT2D eigenvalue weighted by atomic mass is 32.2. The van der Waals surface area contributed by atoms with Gasteiger partial charge in [0.2, 0.25) is 0 Å². The Kier molecular flexibility index (Phi) is 8.10. The van der Waals surface area contributed by atoms with E-state index in [2.05, 4.69) is 13.8 Å². The Morgan fingerprint density at radius 2 is 1.87 bits per heavy atom. The summed E-state index contributed by atoms with van der Waals surface area (Å²) in [5.74, 6) is -0.0496. The molecule has 0 unspecified atom stereocenters. The normalized spacial score (nSPS) is 20.1. The van der Waals surface area contributed by atoms with Gasteiger partial charge in [-0.3, -0.25) is 8.98 Å². The summed E-state index contributed by atoms with van der Waals surface area (Å²) in [6.07, 6.45) is 2.39. The Hall–Kier alpha value is -1.44. The second-order valence-corrected chi connectivity index (χ2v) is 11.5. The third-order valence-corrected chi connectivity index (χ3v) is 6.40. The van der Waals surface area contributed by atoms with Crippen LogP contribution in [0.5, 0.6) is 0 Å². The van der Waals surface area contributed by atoms with Crippen LogP contribution >= 0.6 is 0 Å². The van der Waals surface area contributed by atoms with Crippen LogP contribution < -0.4 is 0 Å². The molecule has 0 bridgehead atoms. The molecule has 0 N–H and O–H groups in total. The summed E-state index contributed by atoms with van der Waals surface area (Å²) in [7, 11) is -3.84. The molecule has 1 aliphatic heterocycles. The minimum Gasteiger partial charge on any atom is -0.460 e. The van der Waals surface area contributed by atoms with E-state index in [4.69, 9.17) is 13.7 Å². The van der Waals surface area contributed by atoms with Crippen LogP contribution in [0.25, 0.3) is 0 Å². The first-order valence-electron chi connectivity index (χ1n) is 10.6. The highest BCUT2D eigenvalue weighted by Crippen LogP contribution is 2.34. The maximum Gasteiger partial charge on any atom is 0.306 e. The van der Waals surface area contributed by atoms with Crippen LogP contribution in [-0.4, -0.2) is 38.8 Å². The second kappa shape index (κ2) is 9.79. The first-order chi connectivity index (χ1) is 13.8. The zero-order chi connectivity index (χ0) is 22.6. The van der Waals surface area contributed by atoms with Crippen molar-refractivity contribution in [3.05, 3.63) is 29.8 Å². The third-order valence-electron chi connectivity index (χ3n) is 5.10. The zero-order valence-electron chi connectivity index (χ0n) is 19.1. The Morgan fingerprint density at radius 3 is 2.40 bits per heavy atom. The number of aryl methyl sites for hydroxylation is 1. The Morgan fingerprint density at radius 1 is 1.23 bits per heavy atom. The van der Waals surface area contributed by atoms with Crippen LogP contribution in [0.4, 0.5) is 0 Å². The molecule has 1 saturated heterocycles. The molecule has 0 radical (unpaired) electrons. The number of benzene rings is 1. The lowest BCUT2D eigenvalue weighted by Crippen LogP contribution is -2.25. The summed E-state index contributed by atoms with van der Waals surface area (Å²) in [4.78, 5) is 12.3. The first kappa shape index (κ1) is 24.8. The predicted octanol–water partition coefficient (Wildman–Crippen LogP) is 4.64. The van der Waals surface area contributed by atoms with E-state index in [1.165, 1.54) is 0 Å². The van der Waals surface area contributed by atoms with E-state index in [1.807, 2.05) is 27.7 Å². The van der Waals surface area contributed by atoms with Gasteiger partial charge in [0.25, 0.3) is 10.1 Å². The molecule has 0 spiro atoms. The second-order valence-electron chi connectivity index (χ2n) is 9.92. The molecule has 1 fully saturated rings. The van der Waals surface area contributed by atoms with E-state index in [0.29, 0.717) is 18.9 Å². The third kappa shape index (κ3) is 8.36. The van der Waals surface area contributed by atoms with Crippen molar-refractivity contribution in [2.75, 3.05) is 13.2 Å². The number of hydrogen-bond donors (Lipinski definition) is 0. The van der Waals surface area contributed by atoms with Crippen LogP contribution in [0.3, 0.4) is 0 Å². The summed E-state index contributed by atoms with van der Waals surface area (Å²) >= 11 is 0. The zero-order valence-corrected chi connectivity index (χ0v) is 19.9. The van der Waals surface area contributed by atoms with Crippen LogP contribution in [0.1, 0.15) is 65.9 Å². The van der Waals surface area contributed by atoms with Gasteiger partial charge in [0.15, 0.2) is 0 Å². The Bertz CT molecular complexity index is 805. The molecular formula is C23H36O6S. The standard InChI is InChI=1S/C23H36O6S/c1-17-7-10-20(11-8-17)30(25,26)28-16-18(9-12-21(24)29-22(2,3)4)13-19-14-23(5,6)27-15-19/h7-8,10-11,18-19H,9,12-16H2,1-6H3/t18-,19-/m1/s1. The number of carbonyl (C=O) groups excluding carboxylic acids is 1. The molecule has 30 heavy (non-hydrogen) atoms. The van der Waals surface area contributed by atoms with Gasteiger partial charge in [-0.15, -0.1) is 0 Å². The minimum absolute atomic E-state index is 0.0376. The molecule has 0 amide bonds. The van der Waals surface area contributed by atoms with Crippen molar-refractivity contribution in [1.82, 2.24) is 0 Å². The molecule has 7 heteroatoms. The monoisotopic (exact) mass is 440 g/mol. The molecule has 0 aromatic heterocycles. The van der Waals surface area contributed by atoms with Gasteiger partial charge in [0, 0.05) is 6.42 Å². The lowest BCUT2D eigenvalue weighted by molar-refractivity contribution is -0.155. The van der Waals surface area contributed by atoms with Crippen LogP contribution in [0, 0.1) is 18.8 Å². The van der Waals surface area contributed by atoms with Gasteiger partial charge in [-0.25, -0.2) is 0 Å². The molecule has 1 heterocycles. The average molecular weight is 441 g/mol. The van der Waals surface area contributed by atoms with Crippen molar-refractivity contribution < 1.29 is 26.9 Å². The van der Waals surface area contributed by atoms with Gasteiger partial charge < -0.3 is 9.47 Å². The van der Waals surface area contributed by atoms with Gasteiger partial charge in [-0.2, -0.15) is 8.42 Å². The highest BCUT2D eigenvalue weighted by molar-refractivity contribution is 7.86. The van der Waals surface area contributed by atoms with E-state index < -0.39 is 15.7 Å². The van der Waals surface area contributed by atoms with Gasteiger partial charge >= 0.3 is 5.97 Å². The highest BCUT2D eigenvalue weighted by Gasteiger charge is 2.34. The quantitative estimate of drug-likeness (QED) is 0.411. The maximum atomic E-state index is 12.6. The molecule has 1 aliphatic rings. The summed E-state index contributed by atoms with van der Waals surface area (Å²) < 4.78 is 41.8. The van der Waals surface area contributed by atoms with Crippen LogP contribution in [0.15, 0.2) is 29.2 Å². The lowest BCUT2D eigenvalue weighted by atomic mass is 9.87. The first-order valence-corrected chi connectivity index (χ1v) is 12.0. The van der Waals surface area contributed by atoms with Crippen molar-refractivity contribution in [3.8, 4) is 0 Å². The number of esters is 1. The molecule has 0 aliphatic carbocycles. The van der Waals surface area contributed by atoms with Crippen molar-refractivity contribution in [2.24, 2.45) is 11.8 Å². The largest absolute Gasteiger partial charge is 0.460 e. The number of carbonyl (C=O) groups is 1. The van der Waals surface area contributed by atoms with E-state index in [9.17, 15) is 13.2 Å². The molecular weight excluding hydrogens is 404 g/mol. The van der Waals surface area contributed by atoms with Gasteiger partial charge in [-0.05, 0) is 84.8 Å². The van der Waals surface area contributed by atoms with E-state index >= 15 is 0 Å². The molecule has 6 nitrogen and oxygen atoms in total. The number of rotatable bonds is 9. The minimum atomic E-state index is -3.84. The summed E-state index contributed by atoms with van der Waals surface area (Å²) in [6.45, 7) is 12.2. The fourth-order valence-corrected chi connectivity index (χ4v) is 4.70. The topological polar surface area (TPSA) is 78.9 Å². The molecule has 1 aromatic carbocycles. The predicted molar refractivity (Wildman–Crippen MR) is 116 cm³/mol. The number of ether oxygens (including phenoxy) is 2. The number of hydrogen-bond acceptors (Lipinski definition) is 6. The summed E-state index contributed by atoms with van der Waals surface area (Å²) in [6, 6.07) is 6.59. The lowest BCUT2D eigenvalue weighted by Gasteiger charge is -2.22. The fraction of sp³-hybridized carbons (Fsp3) is 0.696. The van der Waals surface area contributed by atoms with Crippen LogP contribution in [0.2, 0.25) is 0 Å². The van der Waals surface area contributed by atoms with Crippen molar-refractivity contribution in [1.29, 1.82) is 0 Å². The molecule has 2 atom stereocenters. The SMILES string of the molecule is Cc1ccc(S(=O)(=O)OC[C@H](CCC(=O)OC(C)(C)C)C[C@H]2COC(C)(C)C2)cc1. The molecule has 170 valence electrons. The Balaban J connectivity index is 2.01. The summed E-state index contributed by atoms with van der Waals surface area (Å²) in [5, 5.41) is 0. The van der Waals surface area contributed by atoms with Crippen molar-refractivity contribution >= 4 is 16.1 Å². The van der Waals surface area contributed by atoms with E-state index in [1.54, 1.807) is 24.3 Å². The average Bonchev–Trinajstić information content (AvgIpc) is 2.95. The molecule has 1 aromatic rings.